The van der Waals surface area contributed by atoms with Gasteiger partial charge < -0.3 is 25.3 Å². The lowest BCUT2D eigenvalue weighted by molar-refractivity contribution is -0.121. The second kappa shape index (κ2) is 11.2. The summed E-state index contributed by atoms with van der Waals surface area (Å²) in [6.45, 7) is 0.725. The number of benzene rings is 2. The van der Waals surface area contributed by atoms with Crippen molar-refractivity contribution >= 4 is 18.3 Å². The number of ether oxygens (including phenoxy) is 3. The highest BCUT2D eigenvalue weighted by atomic mass is 35.5. The third-order valence-corrected chi connectivity index (χ3v) is 3.65. The van der Waals surface area contributed by atoms with Crippen molar-refractivity contribution in [3.05, 3.63) is 54.1 Å². The van der Waals surface area contributed by atoms with Crippen LogP contribution >= 0.6 is 12.4 Å². The summed E-state index contributed by atoms with van der Waals surface area (Å²) in [6, 6.07) is 14.5. The molecule has 1 unspecified atom stereocenters. The van der Waals surface area contributed by atoms with Crippen LogP contribution in [0.25, 0.3) is 0 Å². The third-order valence-electron chi connectivity index (χ3n) is 3.65. The molecule has 2 aromatic carbocycles. The average Bonchev–Trinajstić information content (AvgIpc) is 2.65. The van der Waals surface area contributed by atoms with E-state index >= 15 is 0 Å². The van der Waals surface area contributed by atoms with E-state index < -0.39 is 0 Å². The highest BCUT2D eigenvalue weighted by molar-refractivity contribution is 5.85. The highest BCUT2D eigenvalue weighted by Gasteiger charge is 2.11. The van der Waals surface area contributed by atoms with Gasteiger partial charge in [0, 0.05) is 30.7 Å². The monoisotopic (exact) mass is 380 g/mol. The van der Waals surface area contributed by atoms with Gasteiger partial charge >= 0.3 is 0 Å². The Bertz CT molecular complexity index is 660. The number of methoxy groups -OCH3 is 2. The molecule has 142 valence electrons. The molecular formula is C19H25ClN2O4. The number of nitrogens with two attached hydrogens (primary N) is 1. The van der Waals surface area contributed by atoms with Gasteiger partial charge in [-0.15, -0.1) is 12.4 Å². The summed E-state index contributed by atoms with van der Waals surface area (Å²) in [5.41, 5.74) is 6.98. The molecule has 3 N–H and O–H groups in total. The van der Waals surface area contributed by atoms with Crippen LogP contribution in [0, 0.1) is 0 Å². The Labute approximate surface area is 160 Å². The van der Waals surface area contributed by atoms with Crippen molar-refractivity contribution in [1.82, 2.24) is 5.32 Å². The number of amides is 1. The van der Waals surface area contributed by atoms with Gasteiger partial charge in [0.2, 0.25) is 5.91 Å². The Morgan fingerprint density at radius 2 is 1.62 bits per heavy atom. The van der Waals surface area contributed by atoms with Gasteiger partial charge in [-0.25, -0.2) is 0 Å². The summed E-state index contributed by atoms with van der Waals surface area (Å²) in [7, 11) is 3.16. The number of rotatable bonds is 9. The Hall–Kier alpha value is -2.44. The number of hydrogen-bond donors (Lipinski definition) is 2. The molecule has 6 nitrogen and oxygen atoms in total. The second-order valence-corrected chi connectivity index (χ2v) is 5.47. The van der Waals surface area contributed by atoms with E-state index in [9.17, 15) is 4.79 Å². The Morgan fingerprint density at radius 3 is 2.19 bits per heavy atom. The van der Waals surface area contributed by atoms with Crippen molar-refractivity contribution in [3.63, 3.8) is 0 Å². The molecular weight excluding hydrogens is 356 g/mol. The Morgan fingerprint density at radius 1 is 1.04 bits per heavy atom. The fourth-order valence-electron chi connectivity index (χ4n) is 2.31. The van der Waals surface area contributed by atoms with Crippen LogP contribution in [0.4, 0.5) is 0 Å². The lowest BCUT2D eigenvalue weighted by Crippen LogP contribution is -2.30. The van der Waals surface area contributed by atoms with Gasteiger partial charge in [-0.3, -0.25) is 4.79 Å². The average molecular weight is 381 g/mol. The number of nitrogens with one attached hydrogen (secondary N) is 1. The van der Waals surface area contributed by atoms with Crippen LogP contribution in [-0.4, -0.2) is 33.3 Å². The molecule has 0 fully saturated rings. The smallest absolute Gasteiger partial charge is 0.222 e. The maximum absolute atomic E-state index is 12.0. The van der Waals surface area contributed by atoms with E-state index in [1.807, 2.05) is 30.3 Å². The van der Waals surface area contributed by atoms with Gasteiger partial charge in [0.15, 0.2) is 0 Å². The fraction of sp³-hybridized carbons (Fsp3) is 0.316. The SMILES string of the molecule is COc1cc(OC)cc(OCCNC(=O)CC(N)c2ccccc2)c1.Cl. The van der Waals surface area contributed by atoms with Crippen molar-refractivity contribution in [1.29, 1.82) is 0 Å². The molecule has 1 amide bonds. The second-order valence-electron chi connectivity index (χ2n) is 5.47. The van der Waals surface area contributed by atoms with Gasteiger partial charge in [-0.05, 0) is 5.56 Å². The van der Waals surface area contributed by atoms with Crippen molar-refractivity contribution in [2.75, 3.05) is 27.4 Å². The van der Waals surface area contributed by atoms with Crippen molar-refractivity contribution in [3.8, 4) is 17.2 Å². The van der Waals surface area contributed by atoms with Crippen molar-refractivity contribution in [2.45, 2.75) is 12.5 Å². The lowest BCUT2D eigenvalue weighted by atomic mass is 10.0. The molecule has 0 saturated heterocycles. The van der Waals surface area contributed by atoms with E-state index in [4.69, 9.17) is 19.9 Å². The molecule has 0 saturated carbocycles. The van der Waals surface area contributed by atoms with Gasteiger partial charge in [-0.1, -0.05) is 30.3 Å². The number of halogens is 1. The first-order valence-corrected chi connectivity index (χ1v) is 8.05. The molecule has 2 rings (SSSR count). The van der Waals surface area contributed by atoms with Crippen LogP contribution in [-0.2, 0) is 4.79 Å². The van der Waals surface area contributed by atoms with Crippen LogP contribution in [0.2, 0.25) is 0 Å². The van der Waals surface area contributed by atoms with Gasteiger partial charge in [0.1, 0.15) is 23.9 Å². The quantitative estimate of drug-likeness (QED) is 0.653. The summed E-state index contributed by atoms with van der Waals surface area (Å²) in [6.07, 6.45) is 0.233. The molecule has 0 bridgehead atoms. The van der Waals surface area contributed by atoms with E-state index in [0.29, 0.717) is 30.4 Å². The zero-order valence-corrected chi connectivity index (χ0v) is 15.8. The summed E-state index contributed by atoms with van der Waals surface area (Å²) >= 11 is 0. The van der Waals surface area contributed by atoms with E-state index in [0.717, 1.165) is 5.56 Å². The molecule has 0 aliphatic heterocycles. The van der Waals surface area contributed by atoms with Crippen LogP contribution in [0.5, 0.6) is 17.2 Å². The number of carbonyl (C=O) groups is 1. The predicted octanol–water partition coefficient (Wildman–Crippen LogP) is 2.71. The summed E-state index contributed by atoms with van der Waals surface area (Å²) in [4.78, 5) is 12.0. The first-order valence-electron chi connectivity index (χ1n) is 8.05. The van der Waals surface area contributed by atoms with Gasteiger partial charge in [0.25, 0.3) is 0 Å². The molecule has 2 aromatic rings. The van der Waals surface area contributed by atoms with Crippen LogP contribution in [0.1, 0.15) is 18.0 Å². The molecule has 0 spiro atoms. The topological polar surface area (TPSA) is 82.8 Å². The zero-order chi connectivity index (χ0) is 18.1. The standard InChI is InChI=1S/C19H24N2O4.ClH/c1-23-15-10-16(24-2)12-17(11-15)25-9-8-21-19(22)13-18(20)14-6-4-3-5-7-14;/h3-7,10-12,18H,8-9,13,20H2,1-2H3,(H,21,22);1H. The van der Waals surface area contributed by atoms with E-state index in [-0.39, 0.29) is 30.8 Å². The van der Waals surface area contributed by atoms with Crippen LogP contribution in [0.3, 0.4) is 0 Å². The van der Waals surface area contributed by atoms with Crippen molar-refractivity contribution in [2.24, 2.45) is 5.73 Å². The minimum Gasteiger partial charge on any atom is -0.496 e. The molecule has 1 atom stereocenters. The number of carbonyl (C=O) groups excluding carboxylic acids is 1. The number of hydrogen-bond acceptors (Lipinski definition) is 5. The Kier molecular flexibility index (Phi) is 9.33. The van der Waals surface area contributed by atoms with E-state index in [1.54, 1.807) is 32.4 Å². The molecule has 0 aromatic heterocycles. The van der Waals surface area contributed by atoms with Crippen LogP contribution in [0.15, 0.2) is 48.5 Å². The lowest BCUT2D eigenvalue weighted by Gasteiger charge is -2.13. The van der Waals surface area contributed by atoms with Crippen LogP contribution < -0.4 is 25.3 Å². The Balaban J connectivity index is 0.00000338. The summed E-state index contributed by atoms with van der Waals surface area (Å²) < 4.78 is 16.0. The van der Waals surface area contributed by atoms with Crippen molar-refractivity contribution < 1.29 is 19.0 Å². The van der Waals surface area contributed by atoms with Gasteiger partial charge in [-0.2, -0.15) is 0 Å². The third kappa shape index (κ3) is 6.82. The minimum atomic E-state index is -0.315. The molecule has 0 aliphatic rings. The predicted molar refractivity (Wildman–Crippen MR) is 103 cm³/mol. The maximum atomic E-state index is 12.0. The van der Waals surface area contributed by atoms with Gasteiger partial charge in [0.05, 0.1) is 20.8 Å². The summed E-state index contributed by atoms with van der Waals surface area (Å²) in [5, 5.41) is 2.80. The summed E-state index contributed by atoms with van der Waals surface area (Å²) in [5.74, 6) is 1.80. The fourth-order valence-corrected chi connectivity index (χ4v) is 2.31. The molecule has 0 radical (unpaired) electrons. The largest absolute Gasteiger partial charge is 0.496 e. The first-order chi connectivity index (χ1) is 12.1. The molecule has 0 aliphatic carbocycles. The molecule has 26 heavy (non-hydrogen) atoms. The highest BCUT2D eigenvalue weighted by Crippen LogP contribution is 2.27. The first kappa shape index (κ1) is 21.6. The molecule has 0 heterocycles. The minimum absolute atomic E-state index is 0. The molecule has 7 heteroatoms. The van der Waals surface area contributed by atoms with E-state index in [1.165, 1.54) is 0 Å². The zero-order valence-electron chi connectivity index (χ0n) is 14.9. The van der Waals surface area contributed by atoms with E-state index in [2.05, 4.69) is 5.32 Å². The normalized spacial score (nSPS) is 11.0. The maximum Gasteiger partial charge on any atom is 0.222 e.